The number of sulfonamides is 1. The fraction of sp³-hybridized carbons (Fsp3) is 0.385. The fourth-order valence-electron chi connectivity index (χ4n) is 1.68. The van der Waals surface area contributed by atoms with Crippen molar-refractivity contribution in [3.05, 3.63) is 35.1 Å². The molecule has 0 N–H and O–H groups in total. The highest BCUT2D eigenvalue weighted by Crippen LogP contribution is 2.19. The molecule has 1 heterocycles. The van der Waals surface area contributed by atoms with E-state index >= 15 is 0 Å². The minimum atomic E-state index is -3.19. The molecule has 2 aromatic rings. The van der Waals surface area contributed by atoms with Crippen LogP contribution in [0.2, 0.25) is 5.02 Å². The molecule has 0 saturated carbocycles. The van der Waals surface area contributed by atoms with Crippen LogP contribution in [0.25, 0.3) is 11.5 Å². The summed E-state index contributed by atoms with van der Waals surface area (Å²) in [6.45, 7) is 1.93. The molecule has 0 atom stereocenters. The van der Waals surface area contributed by atoms with Crippen LogP contribution in [0.5, 0.6) is 0 Å². The number of aromatic nitrogens is 2. The molecule has 21 heavy (non-hydrogen) atoms. The van der Waals surface area contributed by atoms with Crippen LogP contribution < -0.4 is 0 Å². The molecule has 8 heteroatoms. The van der Waals surface area contributed by atoms with Gasteiger partial charge in [-0.25, -0.2) is 12.7 Å². The summed E-state index contributed by atoms with van der Waals surface area (Å²) < 4.78 is 29.7. The van der Waals surface area contributed by atoms with Crippen LogP contribution in [0.15, 0.2) is 28.8 Å². The Labute approximate surface area is 128 Å². The van der Waals surface area contributed by atoms with Gasteiger partial charge in [0.2, 0.25) is 10.0 Å². The molecule has 2 rings (SSSR count). The maximum absolute atomic E-state index is 11.6. The lowest BCUT2D eigenvalue weighted by atomic mass is 10.2. The molecule has 0 aliphatic rings. The zero-order valence-electron chi connectivity index (χ0n) is 11.8. The van der Waals surface area contributed by atoms with Crippen LogP contribution in [-0.2, 0) is 16.4 Å². The summed E-state index contributed by atoms with van der Waals surface area (Å²) in [6, 6.07) is 7.05. The molecule has 0 amide bonds. The normalized spacial score (nSPS) is 12.0. The minimum absolute atomic E-state index is 0.0752. The molecular formula is C13H16ClN3O3S. The Morgan fingerprint density at radius 2 is 1.95 bits per heavy atom. The topological polar surface area (TPSA) is 76.3 Å². The van der Waals surface area contributed by atoms with Crippen LogP contribution >= 0.6 is 11.6 Å². The van der Waals surface area contributed by atoms with Crippen molar-refractivity contribution in [3.8, 4) is 11.5 Å². The molecule has 0 unspecified atom stereocenters. The van der Waals surface area contributed by atoms with E-state index in [4.69, 9.17) is 16.1 Å². The van der Waals surface area contributed by atoms with E-state index in [9.17, 15) is 8.42 Å². The quantitative estimate of drug-likeness (QED) is 0.812. The lowest BCUT2D eigenvalue weighted by molar-refractivity contribution is 0.415. The molecule has 1 aromatic heterocycles. The van der Waals surface area contributed by atoms with Crippen LogP contribution in [0, 0.1) is 0 Å². The van der Waals surface area contributed by atoms with Gasteiger partial charge in [0.05, 0.1) is 5.75 Å². The number of rotatable bonds is 6. The van der Waals surface area contributed by atoms with Crippen molar-refractivity contribution in [1.82, 2.24) is 14.4 Å². The largest absolute Gasteiger partial charge is 0.334 e. The lowest BCUT2D eigenvalue weighted by Crippen LogP contribution is -2.30. The molecule has 0 saturated heterocycles. The first-order chi connectivity index (χ1) is 9.92. The number of nitrogens with zero attached hydrogens (tertiary/aromatic N) is 3. The SMILES string of the molecule is CCS(=O)(=O)N(C)CCc1noc(-c2ccc(Cl)cc2)n1. The van der Waals surface area contributed by atoms with Gasteiger partial charge >= 0.3 is 0 Å². The molecule has 0 bridgehead atoms. The van der Waals surface area contributed by atoms with E-state index in [2.05, 4.69) is 10.1 Å². The molecule has 0 aliphatic carbocycles. The third-order valence-electron chi connectivity index (χ3n) is 3.05. The molecule has 0 spiro atoms. The maximum atomic E-state index is 11.6. The van der Waals surface area contributed by atoms with Gasteiger partial charge in [-0.05, 0) is 31.2 Å². The summed E-state index contributed by atoms with van der Waals surface area (Å²) >= 11 is 5.82. The van der Waals surface area contributed by atoms with Crippen molar-refractivity contribution in [1.29, 1.82) is 0 Å². The second-order valence-electron chi connectivity index (χ2n) is 4.49. The third kappa shape index (κ3) is 4.03. The highest BCUT2D eigenvalue weighted by atomic mass is 35.5. The zero-order chi connectivity index (χ0) is 15.5. The molecular weight excluding hydrogens is 314 g/mol. The van der Waals surface area contributed by atoms with E-state index in [-0.39, 0.29) is 5.75 Å². The summed E-state index contributed by atoms with van der Waals surface area (Å²) in [5.41, 5.74) is 0.771. The molecule has 1 aromatic carbocycles. The van der Waals surface area contributed by atoms with Crippen molar-refractivity contribution < 1.29 is 12.9 Å². The van der Waals surface area contributed by atoms with E-state index in [1.807, 2.05) is 0 Å². The van der Waals surface area contributed by atoms with Gasteiger partial charge in [-0.3, -0.25) is 0 Å². The van der Waals surface area contributed by atoms with Crippen molar-refractivity contribution in [2.75, 3.05) is 19.3 Å². The molecule has 114 valence electrons. The first-order valence-corrected chi connectivity index (χ1v) is 8.43. The Balaban J connectivity index is 2.02. The standard InChI is InChI=1S/C13H16ClN3O3S/c1-3-21(18,19)17(2)9-8-12-15-13(20-16-12)10-4-6-11(14)7-5-10/h4-7H,3,8-9H2,1-2H3. The number of likely N-dealkylation sites (N-methyl/N-ethyl adjacent to an activating group) is 1. The van der Waals surface area contributed by atoms with E-state index in [1.165, 1.54) is 4.31 Å². The molecule has 0 fully saturated rings. The van der Waals surface area contributed by atoms with Gasteiger partial charge in [0.1, 0.15) is 0 Å². The molecule has 0 aliphatic heterocycles. The van der Waals surface area contributed by atoms with Gasteiger partial charge in [0, 0.05) is 30.6 Å². The summed E-state index contributed by atoms with van der Waals surface area (Å²) in [5, 5.41) is 4.48. The van der Waals surface area contributed by atoms with Crippen molar-refractivity contribution in [2.45, 2.75) is 13.3 Å². The average Bonchev–Trinajstić information content (AvgIpc) is 2.94. The van der Waals surface area contributed by atoms with E-state index in [1.54, 1.807) is 38.2 Å². The van der Waals surface area contributed by atoms with Crippen molar-refractivity contribution in [3.63, 3.8) is 0 Å². The van der Waals surface area contributed by atoms with Gasteiger partial charge in [-0.1, -0.05) is 16.8 Å². The predicted octanol–water partition coefficient (Wildman–Crippen LogP) is 2.21. The van der Waals surface area contributed by atoms with Crippen molar-refractivity contribution >= 4 is 21.6 Å². The average molecular weight is 330 g/mol. The summed E-state index contributed by atoms with van der Waals surface area (Å²) in [5.74, 6) is 0.937. The van der Waals surface area contributed by atoms with Gasteiger partial charge in [0.25, 0.3) is 5.89 Å². The zero-order valence-corrected chi connectivity index (χ0v) is 13.4. The maximum Gasteiger partial charge on any atom is 0.257 e. The molecule has 6 nitrogen and oxygen atoms in total. The van der Waals surface area contributed by atoms with Crippen LogP contribution in [0.1, 0.15) is 12.7 Å². The Bertz CT molecular complexity index is 698. The number of benzene rings is 1. The highest BCUT2D eigenvalue weighted by Gasteiger charge is 2.16. The second-order valence-corrected chi connectivity index (χ2v) is 7.30. The monoisotopic (exact) mass is 329 g/mol. The molecule has 0 radical (unpaired) electrons. The Kier molecular flexibility index (Phi) is 4.97. The number of hydrogen-bond donors (Lipinski definition) is 0. The van der Waals surface area contributed by atoms with Crippen LogP contribution in [0.3, 0.4) is 0 Å². The predicted molar refractivity (Wildman–Crippen MR) is 80.5 cm³/mol. The van der Waals surface area contributed by atoms with Crippen molar-refractivity contribution in [2.24, 2.45) is 0 Å². The summed E-state index contributed by atoms with van der Waals surface area (Å²) in [7, 11) is -1.65. The first kappa shape index (κ1) is 15.9. The van der Waals surface area contributed by atoms with Crippen LogP contribution in [0.4, 0.5) is 0 Å². The summed E-state index contributed by atoms with van der Waals surface area (Å²) in [4.78, 5) is 4.25. The lowest BCUT2D eigenvalue weighted by Gasteiger charge is -2.14. The third-order valence-corrected chi connectivity index (χ3v) is 5.16. The Morgan fingerprint density at radius 1 is 1.29 bits per heavy atom. The Morgan fingerprint density at radius 3 is 2.57 bits per heavy atom. The van der Waals surface area contributed by atoms with Gasteiger partial charge in [-0.15, -0.1) is 0 Å². The van der Waals surface area contributed by atoms with E-state index in [0.29, 0.717) is 29.7 Å². The Hall–Kier alpha value is -1.44. The second kappa shape index (κ2) is 6.55. The van der Waals surface area contributed by atoms with Gasteiger partial charge < -0.3 is 4.52 Å². The smallest absolute Gasteiger partial charge is 0.257 e. The van der Waals surface area contributed by atoms with E-state index < -0.39 is 10.0 Å². The first-order valence-electron chi connectivity index (χ1n) is 6.45. The number of hydrogen-bond acceptors (Lipinski definition) is 5. The van der Waals surface area contributed by atoms with Gasteiger partial charge in [0.15, 0.2) is 5.82 Å². The summed E-state index contributed by atoms with van der Waals surface area (Å²) in [6.07, 6.45) is 0.396. The van der Waals surface area contributed by atoms with E-state index in [0.717, 1.165) is 5.56 Å². The van der Waals surface area contributed by atoms with Gasteiger partial charge in [-0.2, -0.15) is 4.98 Å². The number of halogens is 1. The highest BCUT2D eigenvalue weighted by molar-refractivity contribution is 7.89. The minimum Gasteiger partial charge on any atom is -0.334 e. The fourth-order valence-corrected chi connectivity index (χ4v) is 2.62. The van der Waals surface area contributed by atoms with Crippen LogP contribution in [-0.4, -0.2) is 42.2 Å².